The number of ether oxygens (including phenoxy) is 1. The third-order valence-electron chi connectivity index (χ3n) is 3.33. The number of rotatable bonds is 6. The van der Waals surface area contributed by atoms with Gasteiger partial charge in [0.2, 0.25) is 10.0 Å². The zero-order valence-corrected chi connectivity index (χ0v) is 12.7. The Labute approximate surface area is 111 Å². The summed E-state index contributed by atoms with van der Waals surface area (Å²) < 4.78 is 29.8. The molecule has 0 aromatic rings. The maximum atomic E-state index is 11.5. The number of hydrogen-bond donors (Lipinski definition) is 1. The van der Waals surface area contributed by atoms with Crippen molar-refractivity contribution < 1.29 is 13.2 Å². The van der Waals surface area contributed by atoms with Crippen LogP contribution < -0.4 is 5.32 Å². The molecule has 1 aliphatic rings. The Morgan fingerprint density at radius 1 is 1.44 bits per heavy atom. The Morgan fingerprint density at radius 2 is 2.11 bits per heavy atom. The zero-order chi connectivity index (χ0) is 13.8. The van der Waals surface area contributed by atoms with Gasteiger partial charge in [-0.1, -0.05) is 0 Å². The number of nitrogens with one attached hydrogen (secondary N) is 1. The van der Waals surface area contributed by atoms with Gasteiger partial charge in [0.15, 0.2) is 0 Å². The fourth-order valence-corrected chi connectivity index (χ4v) is 3.27. The minimum absolute atomic E-state index is 0.0673. The van der Waals surface area contributed by atoms with Gasteiger partial charge in [-0.2, -0.15) is 0 Å². The zero-order valence-electron chi connectivity index (χ0n) is 11.9. The summed E-state index contributed by atoms with van der Waals surface area (Å²) in [5.74, 6) is 0.393. The topological polar surface area (TPSA) is 58.6 Å². The molecule has 1 aliphatic heterocycles. The molecule has 0 spiro atoms. The van der Waals surface area contributed by atoms with Crippen LogP contribution >= 0.6 is 0 Å². The predicted octanol–water partition coefficient (Wildman–Crippen LogP) is 0.673. The first-order valence-electron chi connectivity index (χ1n) is 6.44. The number of hydrogen-bond acceptors (Lipinski definition) is 4. The summed E-state index contributed by atoms with van der Waals surface area (Å²) in [6.07, 6.45) is 3.32. The van der Waals surface area contributed by atoms with Gasteiger partial charge in [0, 0.05) is 25.7 Å². The molecular weight excluding hydrogens is 252 g/mol. The van der Waals surface area contributed by atoms with E-state index in [9.17, 15) is 8.42 Å². The van der Waals surface area contributed by atoms with Crippen molar-refractivity contribution in [3.63, 3.8) is 0 Å². The molecule has 1 heterocycles. The molecule has 108 valence electrons. The van der Waals surface area contributed by atoms with E-state index in [0.29, 0.717) is 25.6 Å². The van der Waals surface area contributed by atoms with Crippen molar-refractivity contribution in [3.05, 3.63) is 0 Å². The van der Waals surface area contributed by atoms with Crippen molar-refractivity contribution in [1.29, 1.82) is 0 Å². The first-order chi connectivity index (χ1) is 8.24. The van der Waals surface area contributed by atoms with Crippen LogP contribution in [0, 0.1) is 5.92 Å². The quantitative estimate of drug-likeness (QED) is 0.776. The van der Waals surface area contributed by atoms with Crippen LogP contribution in [0.5, 0.6) is 0 Å². The van der Waals surface area contributed by atoms with Crippen molar-refractivity contribution in [2.75, 3.05) is 39.6 Å². The van der Waals surface area contributed by atoms with E-state index in [4.69, 9.17) is 4.74 Å². The molecule has 5 nitrogen and oxygen atoms in total. The van der Waals surface area contributed by atoms with E-state index < -0.39 is 10.0 Å². The van der Waals surface area contributed by atoms with Crippen LogP contribution in [-0.2, 0) is 14.8 Å². The van der Waals surface area contributed by atoms with Gasteiger partial charge in [-0.05, 0) is 39.2 Å². The number of piperidine rings is 1. The second-order valence-corrected chi connectivity index (χ2v) is 7.81. The number of nitrogens with zero attached hydrogens (tertiary/aromatic N) is 1. The predicted molar refractivity (Wildman–Crippen MR) is 73.1 cm³/mol. The molecule has 18 heavy (non-hydrogen) atoms. The molecule has 0 saturated carbocycles. The van der Waals surface area contributed by atoms with E-state index in [2.05, 4.69) is 19.2 Å². The van der Waals surface area contributed by atoms with Gasteiger partial charge in [0.1, 0.15) is 0 Å². The van der Waals surface area contributed by atoms with Gasteiger partial charge < -0.3 is 10.1 Å². The first kappa shape index (κ1) is 15.9. The molecule has 0 bridgehead atoms. The highest BCUT2D eigenvalue weighted by atomic mass is 32.2. The summed E-state index contributed by atoms with van der Waals surface area (Å²) in [6.45, 7) is 6.96. The highest BCUT2D eigenvalue weighted by Gasteiger charge is 2.27. The molecule has 1 saturated heterocycles. The second-order valence-electron chi connectivity index (χ2n) is 5.83. The van der Waals surface area contributed by atoms with E-state index in [0.717, 1.165) is 19.4 Å². The van der Waals surface area contributed by atoms with Gasteiger partial charge >= 0.3 is 0 Å². The fourth-order valence-electron chi connectivity index (χ4n) is 2.33. The Kier molecular flexibility index (Phi) is 5.58. The number of methoxy groups -OCH3 is 1. The Hall–Kier alpha value is -0.170. The molecule has 1 atom stereocenters. The van der Waals surface area contributed by atoms with Crippen molar-refractivity contribution in [3.8, 4) is 0 Å². The molecular formula is C12H26N2O3S. The van der Waals surface area contributed by atoms with Crippen LogP contribution in [0.4, 0.5) is 0 Å². The van der Waals surface area contributed by atoms with Gasteiger partial charge in [-0.25, -0.2) is 12.7 Å². The fraction of sp³-hybridized carbons (Fsp3) is 1.00. The van der Waals surface area contributed by atoms with Crippen molar-refractivity contribution in [1.82, 2.24) is 9.62 Å². The Balaban J connectivity index is 2.44. The lowest BCUT2D eigenvalue weighted by molar-refractivity contribution is 0.122. The monoisotopic (exact) mass is 278 g/mol. The van der Waals surface area contributed by atoms with Crippen LogP contribution in [0.15, 0.2) is 0 Å². The third kappa shape index (κ3) is 5.22. The summed E-state index contributed by atoms with van der Waals surface area (Å²) in [6, 6.07) is 0. The van der Waals surface area contributed by atoms with Gasteiger partial charge in [-0.3, -0.25) is 0 Å². The third-order valence-corrected chi connectivity index (χ3v) is 4.59. The van der Waals surface area contributed by atoms with Crippen LogP contribution in [0.2, 0.25) is 0 Å². The Morgan fingerprint density at radius 3 is 2.67 bits per heavy atom. The van der Waals surface area contributed by atoms with Crippen LogP contribution in [0.25, 0.3) is 0 Å². The highest BCUT2D eigenvalue weighted by Crippen LogP contribution is 2.18. The molecule has 6 heteroatoms. The average molecular weight is 278 g/mol. The van der Waals surface area contributed by atoms with Gasteiger partial charge in [-0.15, -0.1) is 0 Å². The molecule has 0 aliphatic carbocycles. The maximum absolute atomic E-state index is 11.5. The largest absolute Gasteiger partial charge is 0.383 e. The summed E-state index contributed by atoms with van der Waals surface area (Å²) in [5, 5.41) is 3.46. The average Bonchev–Trinajstić information content (AvgIpc) is 2.26. The normalized spacial score (nSPS) is 23.2. The molecule has 1 rings (SSSR count). The molecule has 0 aromatic carbocycles. The molecule has 0 amide bonds. The molecule has 1 N–H and O–H groups in total. The minimum Gasteiger partial charge on any atom is -0.383 e. The maximum Gasteiger partial charge on any atom is 0.211 e. The number of sulfonamides is 1. The van der Waals surface area contributed by atoms with E-state index >= 15 is 0 Å². The van der Waals surface area contributed by atoms with E-state index in [-0.39, 0.29) is 5.54 Å². The van der Waals surface area contributed by atoms with Crippen molar-refractivity contribution in [2.45, 2.75) is 32.2 Å². The lowest BCUT2D eigenvalue weighted by Crippen LogP contribution is -2.49. The standard InChI is InChI=1S/C12H26N2O3S/c1-12(2,10-17-3)13-8-11-6-5-7-14(9-11)18(4,15)16/h11,13H,5-10H2,1-4H3. The summed E-state index contributed by atoms with van der Waals surface area (Å²) >= 11 is 0. The molecule has 0 radical (unpaired) electrons. The van der Waals surface area contributed by atoms with E-state index in [1.165, 1.54) is 6.26 Å². The summed E-state index contributed by atoms with van der Waals surface area (Å²) in [5.41, 5.74) is -0.0673. The van der Waals surface area contributed by atoms with Crippen LogP contribution in [-0.4, -0.2) is 57.9 Å². The van der Waals surface area contributed by atoms with E-state index in [1.54, 1.807) is 11.4 Å². The highest BCUT2D eigenvalue weighted by molar-refractivity contribution is 7.88. The molecule has 1 unspecified atom stereocenters. The minimum atomic E-state index is -3.04. The summed E-state index contributed by atoms with van der Waals surface area (Å²) in [4.78, 5) is 0. The van der Waals surface area contributed by atoms with Crippen LogP contribution in [0.3, 0.4) is 0 Å². The first-order valence-corrected chi connectivity index (χ1v) is 8.28. The SMILES string of the molecule is COCC(C)(C)NCC1CCCN(S(C)(=O)=O)C1. The molecule has 0 aromatic heterocycles. The van der Waals surface area contributed by atoms with Crippen LogP contribution in [0.1, 0.15) is 26.7 Å². The van der Waals surface area contributed by atoms with Gasteiger partial charge in [0.25, 0.3) is 0 Å². The smallest absolute Gasteiger partial charge is 0.211 e. The van der Waals surface area contributed by atoms with Gasteiger partial charge in [0.05, 0.1) is 12.9 Å². The lowest BCUT2D eigenvalue weighted by Gasteiger charge is -2.34. The lowest BCUT2D eigenvalue weighted by atomic mass is 9.97. The Bertz CT molecular complexity index is 354. The summed E-state index contributed by atoms with van der Waals surface area (Å²) in [7, 11) is -1.35. The van der Waals surface area contributed by atoms with Crippen molar-refractivity contribution >= 4 is 10.0 Å². The van der Waals surface area contributed by atoms with Crippen molar-refractivity contribution in [2.24, 2.45) is 5.92 Å². The van der Waals surface area contributed by atoms with E-state index in [1.807, 2.05) is 0 Å². The second kappa shape index (κ2) is 6.32. The molecule has 1 fully saturated rings.